The van der Waals surface area contributed by atoms with E-state index in [9.17, 15) is 0 Å². The van der Waals surface area contributed by atoms with Crippen molar-refractivity contribution < 1.29 is 4.74 Å². The SMILES string of the molecule is CCCCCCCCCCC=CCOC. The number of ether oxygens (including phenoxy) is 1. The van der Waals surface area contributed by atoms with Crippen LogP contribution >= 0.6 is 0 Å². The van der Waals surface area contributed by atoms with Crippen molar-refractivity contribution in [3.05, 3.63) is 12.2 Å². The van der Waals surface area contributed by atoms with Gasteiger partial charge in [0.2, 0.25) is 0 Å². The molecule has 0 unspecified atom stereocenters. The highest BCUT2D eigenvalue weighted by atomic mass is 16.5. The first kappa shape index (κ1) is 14.7. The minimum absolute atomic E-state index is 0.761. The summed E-state index contributed by atoms with van der Waals surface area (Å²) in [6.45, 7) is 3.03. The van der Waals surface area contributed by atoms with Gasteiger partial charge in [0.1, 0.15) is 0 Å². The van der Waals surface area contributed by atoms with Crippen molar-refractivity contribution >= 4 is 0 Å². The van der Waals surface area contributed by atoms with E-state index in [2.05, 4.69) is 19.1 Å². The fraction of sp³-hybridized carbons (Fsp3) is 0.857. The molecule has 0 rings (SSSR count). The van der Waals surface area contributed by atoms with Gasteiger partial charge in [-0.25, -0.2) is 0 Å². The summed E-state index contributed by atoms with van der Waals surface area (Å²) in [5.41, 5.74) is 0. The van der Waals surface area contributed by atoms with E-state index in [0.717, 1.165) is 6.61 Å². The third kappa shape index (κ3) is 13.7. The third-order valence-electron chi connectivity index (χ3n) is 2.65. The molecular weight excluding hydrogens is 184 g/mol. The highest BCUT2D eigenvalue weighted by molar-refractivity contribution is 4.80. The van der Waals surface area contributed by atoms with Crippen LogP contribution in [0.2, 0.25) is 0 Å². The maximum atomic E-state index is 4.94. The quantitative estimate of drug-likeness (QED) is 0.356. The van der Waals surface area contributed by atoms with E-state index in [1.54, 1.807) is 7.11 Å². The molecule has 0 amide bonds. The molecule has 90 valence electrons. The zero-order chi connectivity index (χ0) is 11.2. The number of hydrogen-bond acceptors (Lipinski definition) is 1. The van der Waals surface area contributed by atoms with Gasteiger partial charge in [0.15, 0.2) is 0 Å². The summed E-state index contributed by atoms with van der Waals surface area (Å²) in [7, 11) is 1.74. The average Bonchev–Trinajstić information content (AvgIpc) is 2.26. The van der Waals surface area contributed by atoms with E-state index in [4.69, 9.17) is 4.74 Å². The maximum absolute atomic E-state index is 4.94. The topological polar surface area (TPSA) is 9.23 Å². The number of allylic oxidation sites excluding steroid dienone is 1. The standard InChI is InChI=1S/C14H28O/c1-3-4-5-6-7-8-9-10-11-12-13-14-15-2/h12-13H,3-11,14H2,1-2H3. The Morgan fingerprint density at radius 2 is 1.40 bits per heavy atom. The Morgan fingerprint density at radius 3 is 2.00 bits per heavy atom. The van der Waals surface area contributed by atoms with E-state index in [-0.39, 0.29) is 0 Å². The van der Waals surface area contributed by atoms with Gasteiger partial charge in [0.05, 0.1) is 6.61 Å². The lowest BCUT2D eigenvalue weighted by molar-refractivity contribution is 0.233. The molecule has 0 saturated heterocycles. The van der Waals surface area contributed by atoms with Crippen molar-refractivity contribution in [2.45, 2.75) is 64.7 Å². The van der Waals surface area contributed by atoms with Crippen LogP contribution in [0.3, 0.4) is 0 Å². The van der Waals surface area contributed by atoms with Gasteiger partial charge in [-0.2, -0.15) is 0 Å². The molecular formula is C14H28O. The van der Waals surface area contributed by atoms with Gasteiger partial charge < -0.3 is 4.74 Å². The van der Waals surface area contributed by atoms with Crippen LogP contribution in [-0.2, 0) is 4.74 Å². The fourth-order valence-electron chi connectivity index (χ4n) is 1.68. The Bertz CT molecular complexity index is 129. The molecule has 0 N–H and O–H groups in total. The van der Waals surface area contributed by atoms with Crippen molar-refractivity contribution in [1.29, 1.82) is 0 Å². The van der Waals surface area contributed by atoms with E-state index in [1.165, 1.54) is 57.8 Å². The Kier molecular flexibility index (Phi) is 13.4. The van der Waals surface area contributed by atoms with Gasteiger partial charge in [-0.15, -0.1) is 0 Å². The third-order valence-corrected chi connectivity index (χ3v) is 2.65. The zero-order valence-electron chi connectivity index (χ0n) is 10.6. The molecule has 0 spiro atoms. The first-order valence-corrected chi connectivity index (χ1v) is 6.55. The predicted molar refractivity (Wildman–Crippen MR) is 68.2 cm³/mol. The Morgan fingerprint density at radius 1 is 0.800 bits per heavy atom. The molecule has 0 aromatic heterocycles. The fourth-order valence-corrected chi connectivity index (χ4v) is 1.68. The van der Waals surface area contributed by atoms with E-state index >= 15 is 0 Å². The predicted octanol–water partition coefficient (Wildman–Crippen LogP) is 4.72. The maximum Gasteiger partial charge on any atom is 0.0643 e. The zero-order valence-corrected chi connectivity index (χ0v) is 10.6. The molecule has 0 radical (unpaired) electrons. The summed E-state index contributed by atoms with van der Waals surface area (Å²) in [5, 5.41) is 0. The molecule has 0 aliphatic heterocycles. The molecule has 0 bridgehead atoms. The van der Waals surface area contributed by atoms with Crippen LogP contribution in [0.15, 0.2) is 12.2 Å². The minimum Gasteiger partial charge on any atom is -0.381 e. The lowest BCUT2D eigenvalue weighted by Gasteiger charge is -1.99. The van der Waals surface area contributed by atoms with Gasteiger partial charge >= 0.3 is 0 Å². The van der Waals surface area contributed by atoms with Crippen LogP contribution in [-0.4, -0.2) is 13.7 Å². The summed E-state index contributed by atoms with van der Waals surface area (Å²) in [4.78, 5) is 0. The average molecular weight is 212 g/mol. The van der Waals surface area contributed by atoms with Gasteiger partial charge in [0, 0.05) is 7.11 Å². The number of rotatable bonds is 11. The van der Waals surface area contributed by atoms with Crippen LogP contribution in [0.4, 0.5) is 0 Å². The molecule has 0 aliphatic carbocycles. The molecule has 0 aromatic rings. The summed E-state index contributed by atoms with van der Waals surface area (Å²) in [5.74, 6) is 0. The molecule has 0 fully saturated rings. The Balaban J connectivity index is 2.92. The molecule has 1 heteroatoms. The summed E-state index contributed by atoms with van der Waals surface area (Å²) in [6.07, 6.45) is 16.8. The van der Waals surface area contributed by atoms with Crippen LogP contribution in [0.5, 0.6) is 0 Å². The van der Waals surface area contributed by atoms with Crippen LogP contribution in [0, 0.1) is 0 Å². The Hall–Kier alpha value is -0.300. The van der Waals surface area contributed by atoms with Crippen molar-refractivity contribution in [2.24, 2.45) is 0 Å². The second-order valence-electron chi connectivity index (χ2n) is 4.19. The first-order valence-electron chi connectivity index (χ1n) is 6.55. The van der Waals surface area contributed by atoms with Crippen molar-refractivity contribution in [3.8, 4) is 0 Å². The molecule has 15 heavy (non-hydrogen) atoms. The van der Waals surface area contributed by atoms with Crippen molar-refractivity contribution in [1.82, 2.24) is 0 Å². The number of hydrogen-bond donors (Lipinski definition) is 0. The second-order valence-corrected chi connectivity index (χ2v) is 4.19. The second kappa shape index (κ2) is 13.7. The normalized spacial score (nSPS) is 11.3. The highest BCUT2D eigenvalue weighted by Crippen LogP contribution is 2.09. The van der Waals surface area contributed by atoms with Gasteiger partial charge in [-0.3, -0.25) is 0 Å². The van der Waals surface area contributed by atoms with Crippen LogP contribution in [0.25, 0.3) is 0 Å². The minimum atomic E-state index is 0.761. The largest absolute Gasteiger partial charge is 0.381 e. The van der Waals surface area contributed by atoms with E-state index < -0.39 is 0 Å². The molecule has 1 nitrogen and oxygen atoms in total. The highest BCUT2D eigenvalue weighted by Gasteiger charge is 1.90. The van der Waals surface area contributed by atoms with Gasteiger partial charge in [-0.1, -0.05) is 64.0 Å². The number of unbranched alkanes of at least 4 members (excludes halogenated alkanes) is 8. The molecule has 0 saturated carbocycles. The number of methoxy groups -OCH3 is 1. The molecule has 0 atom stereocenters. The molecule has 0 heterocycles. The monoisotopic (exact) mass is 212 g/mol. The first-order chi connectivity index (χ1) is 7.41. The van der Waals surface area contributed by atoms with Gasteiger partial charge in [0.25, 0.3) is 0 Å². The van der Waals surface area contributed by atoms with Crippen molar-refractivity contribution in [3.63, 3.8) is 0 Å². The van der Waals surface area contributed by atoms with Crippen LogP contribution in [0.1, 0.15) is 64.7 Å². The van der Waals surface area contributed by atoms with E-state index in [1.807, 2.05) is 0 Å². The Labute approximate surface area is 95.9 Å². The van der Waals surface area contributed by atoms with Crippen molar-refractivity contribution in [2.75, 3.05) is 13.7 Å². The summed E-state index contributed by atoms with van der Waals surface area (Å²) in [6, 6.07) is 0. The smallest absolute Gasteiger partial charge is 0.0643 e. The van der Waals surface area contributed by atoms with Crippen LogP contribution < -0.4 is 0 Å². The van der Waals surface area contributed by atoms with E-state index in [0.29, 0.717) is 0 Å². The lowest BCUT2D eigenvalue weighted by atomic mass is 10.1. The molecule has 0 aliphatic rings. The van der Waals surface area contributed by atoms with Gasteiger partial charge in [-0.05, 0) is 12.8 Å². The molecule has 0 aromatic carbocycles. The summed E-state index contributed by atoms with van der Waals surface area (Å²) < 4.78 is 4.94. The summed E-state index contributed by atoms with van der Waals surface area (Å²) >= 11 is 0. The lowest BCUT2D eigenvalue weighted by Crippen LogP contribution is -1.81.